The molecular weight excluding hydrogens is 256 g/mol. The molecule has 3 rings (SSSR count). The maximum Gasteiger partial charge on any atom is 0.230 e. The zero-order chi connectivity index (χ0) is 13.8. The second-order valence-corrected chi connectivity index (χ2v) is 4.80. The number of rotatable bonds is 4. The highest BCUT2D eigenvalue weighted by atomic mass is 16.5. The van der Waals surface area contributed by atoms with Crippen LogP contribution in [0.25, 0.3) is 0 Å². The van der Waals surface area contributed by atoms with Crippen LogP contribution in [0.2, 0.25) is 0 Å². The van der Waals surface area contributed by atoms with Crippen molar-refractivity contribution >= 4 is 5.69 Å². The molecule has 0 aliphatic carbocycles. The van der Waals surface area contributed by atoms with E-state index < -0.39 is 0 Å². The molecule has 1 aliphatic rings. The summed E-state index contributed by atoms with van der Waals surface area (Å²) in [6.45, 7) is 4.67. The fourth-order valence-electron chi connectivity index (χ4n) is 2.43. The standard InChI is InChI=1S/C14H18N4O2/c1-19-13-4-2-3-12(9-13)18-7-5-17(6-8-18)10-14-16-15-11-20-14/h2-4,9,11H,5-8,10H2,1H3. The average Bonchev–Trinajstić information content (AvgIpc) is 3.01. The van der Waals surface area contributed by atoms with Crippen molar-refractivity contribution in [3.05, 3.63) is 36.5 Å². The van der Waals surface area contributed by atoms with Crippen molar-refractivity contribution in [1.82, 2.24) is 15.1 Å². The third-order valence-electron chi connectivity index (χ3n) is 3.55. The maximum absolute atomic E-state index is 5.27. The molecule has 2 heterocycles. The molecule has 6 heteroatoms. The van der Waals surface area contributed by atoms with Crippen molar-refractivity contribution in [3.8, 4) is 5.75 Å². The Kier molecular flexibility index (Phi) is 3.83. The molecular formula is C14H18N4O2. The highest BCUT2D eigenvalue weighted by Crippen LogP contribution is 2.22. The van der Waals surface area contributed by atoms with Crippen molar-refractivity contribution in [2.75, 3.05) is 38.2 Å². The molecule has 1 saturated heterocycles. The van der Waals surface area contributed by atoms with Gasteiger partial charge < -0.3 is 14.1 Å². The van der Waals surface area contributed by atoms with Crippen molar-refractivity contribution in [1.29, 1.82) is 0 Å². The van der Waals surface area contributed by atoms with E-state index in [1.54, 1.807) is 7.11 Å². The van der Waals surface area contributed by atoms with Gasteiger partial charge in [-0.25, -0.2) is 0 Å². The first-order valence-electron chi connectivity index (χ1n) is 6.71. The quantitative estimate of drug-likeness (QED) is 0.840. The number of anilines is 1. The van der Waals surface area contributed by atoms with Crippen LogP contribution in [0, 0.1) is 0 Å². The molecule has 6 nitrogen and oxygen atoms in total. The van der Waals surface area contributed by atoms with Gasteiger partial charge in [-0.1, -0.05) is 6.07 Å². The van der Waals surface area contributed by atoms with Crippen LogP contribution in [0.4, 0.5) is 5.69 Å². The number of methoxy groups -OCH3 is 1. The third kappa shape index (κ3) is 2.91. The number of hydrogen-bond acceptors (Lipinski definition) is 6. The fraction of sp³-hybridized carbons (Fsp3) is 0.429. The Balaban J connectivity index is 1.57. The SMILES string of the molecule is COc1cccc(N2CCN(Cc3nnco3)CC2)c1. The van der Waals surface area contributed by atoms with Crippen molar-refractivity contribution in [2.45, 2.75) is 6.54 Å². The predicted molar refractivity (Wildman–Crippen MR) is 74.8 cm³/mol. The summed E-state index contributed by atoms with van der Waals surface area (Å²) in [6, 6.07) is 8.19. The van der Waals surface area contributed by atoms with Gasteiger partial charge in [0.15, 0.2) is 0 Å². The molecule has 1 fully saturated rings. The number of ether oxygens (including phenoxy) is 1. The van der Waals surface area contributed by atoms with E-state index in [2.05, 4.69) is 32.1 Å². The molecule has 0 radical (unpaired) electrons. The Bertz CT molecular complexity index is 536. The molecule has 20 heavy (non-hydrogen) atoms. The highest BCUT2D eigenvalue weighted by molar-refractivity contribution is 5.51. The van der Waals surface area contributed by atoms with Gasteiger partial charge in [0.25, 0.3) is 0 Å². The van der Waals surface area contributed by atoms with Gasteiger partial charge in [0.2, 0.25) is 12.3 Å². The topological polar surface area (TPSA) is 54.6 Å². The predicted octanol–water partition coefficient (Wildman–Crippen LogP) is 1.40. The normalized spacial score (nSPS) is 16.4. The van der Waals surface area contributed by atoms with Crippen LogP contribution in [-0.4, -0.2) is 48.4 Å². The molecule has 0 N–H and O–H groups in total. The van der Waals surface area contributed by atoms with Gasteiger partial charge in [0.05, 0.1) is 13.7 Å². The van der Waals surface area contributed by atoms with E-state index >= 15 is 0 Å². The minimum absolute atomic E-state index is 0.680. The lowest BCUT2D eigenvalue weighted by molar-refractivity contribution is 0.226. The van der Waals surface area contributed by atoms with E-state index in [1.807, 2.05) is 12.1 Å². The molecule has 0 saturated carbocycles. The number of aromatic nitrogens is 2. The molecule has 0 amide bonds. The molecule has 0 spiro atoms. The molecule has 1 aromatic carbocycles. The van der Waals surface area contributed by atoms with Crippen LogP contribution >= 0.6 is 0 Å². The summed E-state index contributed by atoms with van der Waals surface area (Å²) >= 11 is 0. The van der Waals surface area contributed by atoms with Crippen LogP contribution in [0.1, 0.15) is 5.89 Å². The summed E-state index contributed by atoms with van der Waals surface area (Å²) in [7, 11) is 1.70. The van der Waals surface area contributed by atoms with Crippen LogP contribution < -0.4 is 9.64 Å². The lowest BCUT2D eigenvalue weighted by Gasteiger charge is -2.35. The van der Waals surface area contributed by atoms with Gasteiger partial charge in [0, 0.05) is 37.9 Å². The van der Waals surface area contributed by atoms with E-state index in [1.165, 1.54) is 12.1 Å². The summed E-state index contributed by atoms with van der Waals surface area (Å²) < 4.78 is 10.5. The summed E-state index contributed by atoms with van der Waals surface area (Å²) in [4.78, 5) is 4.69. The lowest BCUT2D eigenvalue weighted by atomic mass is 10.2. The molecule has 1 aliphatic heterocycles. The smallest absolute Gasteiger partial charge is 0.230 e. The van der Waals surface area contributed by atoms with Gasteiger partial charge in [0.1, 0.15) is 5.75 Å². The molecule has 106 valence electrons. The van der Waals surface area contributed by atoms with E-state index in [9.17, 15) is 0 Å². The molecule has 2 aromatic rings. The van der Waals surface area contributed by atoms with Crippen molar-refractivity contribution < 1.29 is 9.15 Å². The first kappa shape index (κ1) is 12.9. The Morgan fingerprint density at radius 1 is 1.25 bits per heavy atom. The highest BCUT2D eigenvalue weighted by Gasteiger charge is 2.18. The monoisotopic (exact) mass is 274 g/mol. The third-order valence-corrected chi connectivity index (χ3v) is 3.55. The molecule has 1 aromatic heterocycles. The fourth-order valence-corrected chi connectivity index (χ4v) is 2.43. The van der Waals surface area contributed by atoms with Crippen LogP contribution in [0.15, 0.2) is 35.1 Å². The second-order valence-electron chi connectivity index (χ2n) is 4.80. The van der Waals surface area contributed by atoms with Crippen LogP contribution in [-0.2, 0) is 6.54 Å². The Morgan fingerprint density at radius 3 is 2.80 bits per heavy atom. The van der Waals surface area contributed by atoms with E-state index in [4.69, 9.17) is 9.15 Å². The average molecular weight is 274 g/mol. The number of piperazine rings is 1. The van der Waals surface area contributed by atoms with E-state index in [0.29, 0.717) is 5.89 Å². The van der Waals surface area contributed by atoms with Gasteiger partial charge in [-0.15, -0.1) is 10.2 Å². The molecule has 0 unspecified atom stereocenters. The number of hydrogen-bond donors (Lipinski definition) is 0. The van der Waals surface area contributed by atoms with Crippen molar-refractivity contribution in [3.63, 3.8) is 0 Å². The van der Waals surface area contributed by atoms with E-state index in [-0.39, 0.29) is 0 Å². The zero-order valence-electron chi connectivity index (χ0n) is 11.5. The van der Waals surface area contributed by atoms with Gasteiger partial charge in [-0.3, -0.25) is 4.90 Å². The summed E-state index contributed by atoms with van der Waals surface area (Å²) in [5, 5.41) is 7.62. The Labute approximate surface area is 118 Å². The van der Waals surface area contributed by atoms with E-state index in [0.717, 1.165) is 38.5 Å². The van der Waals surface area contributed by atoms with Crippen molar-refractivity contribution in [2.24, 2.45) is 0 Å². The van der Waals surface area contributed by atoms with Gasteiger partial charge >= 0.3 is 0 Å². The second kappa shape index (κ2) is 5.92. The Morgan fingerprint density at radius 2 is 2.10 bits per heavy atom. The minimum atomic E-state index is 0.680. The number of nitrogens with zero attached hydrogens (tertiary/aromatic N) is 4. The van der Waals surface area contributed by atoms with Crippen LogP contribution in [0.5, 0.6) is 5.75 Å². The van der Waals surface area contributed by atoms with Crippen LogP contribution in [0.3, 0.4) is 0 Å². The summed E-state index contributed by atoms with van der Waals surface area (Å²) in [5.74, 6) is 1.58. The van der Waals surface area contributed by atoms with Gasteiger partial charge in [-0.05, 0) is 12.1 Å². The summed E-state index contributed by atoms with van der Waals surface area (Å²) in [5.41, 5.74) is 1.21. The lowest BCUT2D eigenvalue weighted by Crippen LogP contribution is -2.46. The minimum Gasteiger partial charge on any atom is -0.497 e. The molecule has 0 bridgehead atoms. The largest absolute Gasteiger partial charge is 0.497 e. The first-order valence-corrected chi connectivity index (χ1v) is 6.71. The van der Waals surface area contributed by atoms with Gasteiger partial charge in [-0.2, -0.15) is 0 Å². The Hall–Kier alpha value is -2.08. The first-order chi connectivity index (χ1) is 9.85. The molecule has 0 atom stereocenters. The summed E-state index contributed by atoms with van der Waals surface area (Å²) in [6.07, 6.45) is 1.38. The maximum atomic E-state index is 5.27. The zero-order valence-corrected chi connectivity index (χ0v) is 11.5. The number of benzene rings is 1.